The predicted molar refractivity (Wildman–Crippen MR) is 130 cm³/mol. The number of halogens is 2. The first-order chi connectivity index (χ1) is 15.5. The molecule has 0 aliphatic carbocycles. The zero-order valence-electron chi connectivity index (χ0n) is 17.9. The van der Waals surface area contributed by atoms with Gasteiger partial charge in [-0.2, -0.15) is 5.10 Å². The molecule has 8 heteroatoms. The van der Waals surface area contributed by atoms with Crippen LogP contribution in [0.2, 0.25) is 10.0 Å². The molecule has 1 heterocycles. The third-order valence-corrected chi connectivity index (χ3v) is 5.40. The van der Waals surface area contributed by atoms with Gasteiger partial charge in [0.1, 0.15) is 12.4 Å². The van der Waals surface area contributed by atoms with Crippen LogP contribution in [0.5, 0.6) is 5.75 Å². The van der Waals surface area contributed by atoms with E-state index in [2.05, 4.69) is 34.3 Å². The van der Waals surface area contributed by atoms with Crippen LogP contribution in [0, 0.1) is 0 Å². The zero-order chi connectivity index (χ0) is 22.9. The van der Waals surface area contributed by atoms with E-state index in [1.54, 1.807) is 36.7 Å². The number of carbonyl (C=O) groups is 1. The number of carbonyl (C=O) groups excluding carboxylic acids is 1. The lowest BCUT2D eigenvalue weighted by Crippen LogP contribution is -2.21. The van der Waals surface area contributed by atoms with E-state index >= 15 is 0 Å². The van der Waals surface area contributed by atoms with Gasteiger partial charge >= 0.3 is 0 Å². The zero-order valence-corrected chi connectivity index (χ0v) is 19.4. The number of pyridine rings is 1. The topological polar surface area (TPSA) is 66.8 Å². The maximum Gasteiger partial charge on any atom is 0.272 e. The number of rotatable bonds is 9. The molecule has 0 atom stereocenters. The molecule has 166 valence electrons. The molecule has 0 saturated carbocycles. The Hall–Kier alpha value is -3.09. The number of ether oxygens (including phenoxy) is 1. The van der Waals surface area contributed by atoms with Crippen molar-refractivity contribution in [1.82, 2.24) is 10.4 Å². The van der Waals surface area contributed by atoms with Gasteiger partial charge in [0.15, 0.2) is 0 Å². The minimum absolute atomic E-state index is 0.264. The van der Waals surface area contributed by atoms with Gasteiger partial charge in [-0.25, -0.2) is 5.43 Å². The van der Waals surface area contributed by atoms with Gasteiger partial charge in [0, 0.05) is 58.4 Å². The molecule has 3 rings (SSSR count). The predicted octanol–water partition coefficient (Wildman–Crippen LogP) is 5.58. The maximum absolute atomic E-state index is 12.2. The Morgan fingerprint density at radius 3 is 2.66 bits per heavy atom. The number of benzene rings is 2. The summed E-state index contributed by atoms with van der Waals surface area (Å²) in [6, 6.07) is 14.5. The Morgan fingerprint density at radius 2 is 1.97 bits per heavy atom. The number of anilines is 1. The molecule has 0 fully saturated rings. The van der Waals surface area contributed by atoms with Gasteiger partial charge < -0.3 is 9.64 Å². The van der Waals surface area contributed by atoms with Crippen molar-refractivity contribution in [1.29, 1.82) is 0 Å². The number of hydrogen-bond acceptors (Lipinski definition) is 5. The fraction of sp³-hybridized carbons (Fsp3) is 0.208. The van der Waals surface area contributed by atoms with Gasteiger partial charge in [0.2, 0.25) is 0 Å². The second-order valence-electron chi connectivity index (χ2n) is 6.86. The van der Waals surface area contributed by atoms with E-state index in [0.29, 0.717) is 21.4 Å². The Bertz CT molecular complexity index is 1090. The maximum atomic E-state index is 12.2. The lowest BCUT2D eigenvalue weighted by molar-refractivity contribution is 0.0954. The summed E-state index contributed by atoms with van der Waals surface area (Å²) in [5, 5.41) is 5.20. The molecule has 2 aromatic carbocycles. The van der Waals surface area contributed by atoms with Gasteiger partial charge in [-0.05, 0) is 50.2 Å². The highest BCUT2D eigenvalue weighted by molar-refractivity contribution is 6.35. The molecule has 0 spiro atoms. The lowest BCUT2D eigenvalue weighted by atomic mass is 10.1. The number of nitrogens with zero attached hydrogens (tertiary/aromatic N) is 3. The van der Waals surface area contributed by atoms with Crippen LogP contribution >= 0.6 is 23.2 Å². The Balaban J connectivity index is 1.81. The number of hydrogen-bond donors (Lipinski definition) is 1. The summed E-state index contributed by atoms with van der Waals surface area (Å²) < 4.78 is 6.10. The molecule has 0 aliphatic rings. The number of hydrazone groups is 1. The Morgan fingerprint density at radius 1 is 1.16 bits per heavy atom. The van der Waals surface area contributed by atoms with E-state index in [4.69, 9.17) is 27.9 Å². The Labute approximate surface area is 197 Å². The third kappa shape index (κ3) is 6.22. The van der Waals surface area contributed by atoms with E-state index in [-0.39, 0.29) is 12.5 Å². The van der Waals surface area contributed by atoms with Crippen LogP contribution in [-0.2, 0) is 6.61 Å². The summed E-state index contributed by atoms with van der Waals surface area (Å²) in [5.41, 5.74) is 5.51. The molecule has 0 saturated heterocycles. The molecule has 0 bridgehead atoms. The van der Waals surface area contributed by atoms with Crippen LogP contribution in [0.25, 0.3) is 0 Å². The van der Waals surface area contributed by atoms with Gasteiger partial charge in [-0.1, -0.05) is 29.3 Å². The van der Waals surface area contributed by atoms with Crippen molar-refractivity contribution < 1.29 is 9.53 Å². The fourth-order valence-corrected chi connectivity index (χ4v) is 3.52. The first kappa shape index (κ1) is 23.6. The summed E-state index contributed by atoms with van der Waals surface area (Å²) in [6.07, 6.45) is 4.64. The summed E-state index contributed by atoms with van der Waals surface area (Å²) in [5.74, 6) is 0.282. The van der Waals surface area contributed by atoms with Crippen molar-refractivity contribution in [3.8, 4) is 5.75 Å². The molecule has 0 aliphatic heterocycles. The lowest BCUT2D eigenvalue weighted by Gasteiger charge is -2.22. The molecule has 1 amide bonds. The van der Waals surface area contributed by atoms with Crippen molar-refractivity contribution >= 4 is 41.0 Å². The second-order valence-corrected chi connectivity index (χ2v) is 7.70. The van der Waals surface area contributed by atoms with E-state index in [9.17, 15) is 4.79 Å². The van der Waals surface area contributed by atoms with Crippen LogP contribution in [0.3, 0.4) is 0 Å². The highest BCUT2D eigenvalue weighted by Crippen LogP contribution is 2.27. The smallest absolute Gasteiger partial charge is 0.272 e. The molecular weight excluding hydrogens is 447 g/mol. The van der Waals surface area contributed by atoms with Crippen molar-refractivity contribution in [3.05, 3.63) is 87.7 Å². The summed E-state index contributed by atoms with van der Waals surface area (Å²) in [6.45, 7) is 6.20. The van der Waals surface area contributed by atoms with E-state index in [0.717, 1.165) is 29.9 Å². The van der Waals surface area contributed by atoms with Crippen LogP contribution in [0.4, 0.5) is 5.69 Å². The van der Waals surface area contributed by atoms with Crippen molar-refractivity contribution in [3.63, 3.8) is 0 Å². The average molecular weight is 471 g/mol. The normalized spacial score (nSPS) is 10.9. The summed E-state index contributed by atoms with van der Waals surface area (Å²) in [7, 11) is 0. The molecule has 0 unspecified atom stereocenters. The third-order valence-electron chi connectivity index (χ3n) is 4.82. The van der Waals surface area contributed by atoms with Gasteiger partial charge in [0.05, 0.1) is 11.8 Å². The minimum Gasteiger partial charge on any atom is -0.488 e. The van der Waals surface area contributed by atoms with Crippen molar-refractivity contribution in [2.24, 2.45) is 5.10 Å². The monoisotopic (exact) mass is 470 g/mol. The van der Waals surface area contributed by atoms with Gasteiger partial charge in [0.25, 0.3) is 5.91 Å². The largest absolute Gasteiger partial charge is 0.488 e. The molecule has 32 heavy (non-hydrogen) atoms. The molecule has 1 aromatic heterocycles. The van der Waals surface area contributed by atoms with Gasteiger partial charge in [-0.15, -0.1) is 0 Å². The first-order valence-electron chi connectivity index (χ1n) is 10.2. The molecule has 3 aromatic rings. The summed E-state index contributed by atoms with van der Waals surface area (Å²) in [4.78, 5) is 18.3. The Kier molecular flexibility index (Phi) is 8.48. The second kappa shape index (κ2) is 11.5. The quantitative estimate of drug-likeness (QED) is 0.327. The number of aromatic nitrogens is 1. The first-order valence-corrected chi connectivity index (χ1v) is 11.0. The fourth-order valence-electron chi connectivity index (χ4n) is 3.06. The van der Waals surface area contributed by atoms with Crippen molar-refractivity contribution in [2.45, 2.75) is 20.5 Å². The minimum atomic E-state index is -0.343. The highest BCUT2D eigenvalue weighted by Gasteiger charge is 2.10. The molecule has 0 radical (unpaired) electrons. The van der Waals surface area contributed by atoms with Gasteiger partial charge in [-0.3, -0.25) is 9.78 Å². The average Bonchev–Trinajstić information content (AvgIpc) is 2.81. The standard InChI is InChI=1S/C24H24Cl2N4O2/c1-3-30(4-2)21-10-8-17(15-28-29-24(31)18-6-5-11-27-14-18)23(13-21)32-16-19-7-9-20(25)12-22(19)26/h5-15H,3-4,16H2,1-2H3,(H,29,31)/b28-15+. The van der Waals surface area contributed by atoms with Crippen LogP contribution in [0.15, 0.2) is 66.0 Å². The van der Waals surface area contributed by atoms with Crippen LogP contribution in [0.1, 0.15) is 35.3 Å². The molecular formula is C24H24Cl2N4O2. The molecule has 1 N–H and O–H groups in total. The summed E-state index contributed by atoms with van der Waals surface area (Å²) >= 11 is 12.3. The molecule has 6 nitrogen and oxygen atoms in total. The van der Waals surface area contributed by atoms with Crippen molar-refractivity contribution in [2.75, 3.05) is 18.0 Å². The highest BCUT2D eigenvalue weighted by atomic mass is 35.5. The van der Waals surface area contributed by atoms with Crippen LogP contribution in [-0.4, -0.2) is 30.2 Å². The van der Waals surface area contributed by atoms with Crippen LogP contribution < -0.4 is 15.1 Å². The van der Waals surface area contributed by atoms with E-state index in [1.165, 1.54) is 6.20 Å². The number of amides is 1. The van der Waals surface area contributed by atoms with E-state index in [1.807, 2.05) is 24.3 Å². The van der Waals surface area contributed by atoms with E-state index < -0.39 is 0 Å². The SMILES string of the molecule is CCN(CC)c1ccc(/C=N/NC(=O)c2cccnc2)c(OCc2ccc(Cl)cc2Cl)c1. The number of nitrogens with one attached hydrogen (secondary N) is 1.